The molecule has 160 valence electrons. The smallest absolute Gasteiger partial charge is 0.298 e. The summed E-state index contributed by atoms with van der Waals surface area (Å²) in [7, 11) is 1.66. The third kappa shape index (κ3) is 2.98. The fourth-order valence-electron chi connectivity index (χ4n) is 3.73. The van der Waals surface area contributed by atoms with Crippen molar-refractivity contribution >= 4 is 39.4 Å². The third-order valence-corrected chi connectivity index (χ3v) is 5.19. The number of carbonyl (C=O) groups is 2. The van der Waals surface area contributed by atoms with Crippen LogP contribution in [-0.2, 0) is 11.8 Å². The third-order valence-electron chi connectivity index (χ3n) is 5.19. The molecule has 11 nitrogen and oxygen atoms in total. The maximum absolute atomic E-state index is 13.0. The van der Waals surface area contributed by atoms with E-state index >= 15 is 0 Å². The molecule has 11 heteroatoms. The Labute approximate surface area is 180 Å². The Morgan fingerprint density at radius 2 is 1.88 bits per heavy atom. The van der Waals surface area contributed by atoms with Crippen LogP contribution in [-0.4, -0.2) is 46.2 Å². The molecule has 0 spiro atoms. The number of para-hydroxylation sites is 1. The van der Waals surface area contributed by atoms with Crippen LogP contribution in [0.4, 0.5) is 5.82 Å². The molecule has 0 unspecified atom stereocenters. The molecule has 0 atom stereocenters. The minimum atomic E-state index is -0.831. The number of amides is 1. The number of anilines is 1. The summed E-state index contributed by atoms with van der Waals surface area (Å²) < 4.78 is 2.74. The van der Waals surface area contributed by atoms with Gasteiger partial charge in [0.25, 0.3) is 17.2 Å². The predicted molar refractivity (Wildman–Crippen MR) is 117 cm³/mol. The van der Waals surface area contributed by atoms with Gasteiger partial charge in [0.1, 0.15) is 11.2 Å². The van der Waals surface area contributed by atoms with Crippen molar-refractivity contribution in [3.05, 3.63) is 63.8 Å². The van der Waals surface area contributed by atoms with E-state index in [1.165, 1.54) is 15.6 Å². The van der Waals surface area contributed by atoms with Gasteiger partial charge in [0.05, 0.1) is 17.5 Å². The van der Waals surface area contributed by atoms with Crippen LogP contribution in [0.25, 0.3) is 27.9 Å². The van der Waals surface area contributed by atoms with Crippen LogP contribution in [0.15, 0.2) is 41.3 Å². The number of hydrogen-bond donors (Lipinski definition) is 3. The molecule has 3 N–H and O–H groups in total. The summed E-state index contributed by atoms with van der Waals surface area (Å²) in [6.45, 7) is 3.46. The number of fused-ring (bicyclic) bond motifs is 2. The Kier molecular flexibility index (Phi) is 4.26. The van der Waals surface area contributed by atoms with E-state index in [1.54, 1.807) is 39.1 Å². The van der Waals surface area contributed by atoms with E-state index in [-0.39, 0.29) is 11.8 Å². The normalized spacial score (nSPS) is 11.3. The van der Waals surface area contributed by atoms with Gasteiger partial charge in [0.2, 0.25) is 5.95 Å². The van der Waals surface area contributed by atoms with Gasteiger partial charge in [-0.2, -0.15) is 19.9 Å². The van der Waals surface area contributed by atoms with Gasteiger partial charge in [-0.15, -0.1) is 0 Å². The van der Waals surface area contributed by atoms with Crippen LogP contribution < -0.4 is 10.9 Å². The lowest BCUT2D eigenvalue weighted by molar-refractivity contribution is -0.112. The Bertz CT molecular complexity index is 1600. The van der Waals surface area contributed by atoms with E-state index in [4.69, 9.17) is 0 Å². The van der Waals surface area contributed by atoms with Crippen molar-refractivity contribution in [1.82, 2.24) is 34.5 Å². The molecule has 5 aromatic rings. The Balaban J connectivity index is 1.53. The van der Waals surface area contributed by atoms with Gasteiger partial charge in [-0.1, -0.05) is 18.2 Å². The number of rotatable bonds is 4. The van der Waals surface area contributed by atoms with Gasteiger partial charge in [-0.05, 0) is 19.9 Å². The highest BCUT2D eigenvalue weighted by molar-refractivity contribution is 6.48. The SMILES string of the molecule is Cc1cc(NC(=O)C(=O)c2c(C)[nH]c3ccccc23)n(-c2nc3c(cnn3C)c(=O)[nH]2)n1. The molecule has 0 aliphatic carbocycles. The zero-order chi connectivity index (χ0) is 22.6. The average molecular weight is 430 g/mol. The zero-order valence-electron chi connectivity index (χ0n) is 17.4. The highest BCUT2D eigenvalue weighted by atomic mass is 16.2. The van der Waals surface area contributed by atoms with Crippen molar-refractivity contribution < 1.29 is 9.59 Å². The van der Waals surface area contributed by atoms with Crippen molar-refractivity contribution in [3.63, 3.8) is 0 Å². The van der Waals surface area contributed by atoms with E-state index in [0.29, 0.717) is 33.4 Å². The molecule has 4 aromatic heterocycles. The molecule has 32 heavy (non-hydrogen) atoms. The van der Waals surface area contributed by atoms with Gasteiger partial charge < -0.3 is 10.3 Å². The number of nitrogens with zero attached hydrogens (tertiary/aromatic N) is 5. The van der Waals surface area contributed by atoms with E-state index in [1.807, 2.05) is 12.1 Å². The molecule has 0 aliphatic heterocycles. The highest BCUT2D eigenvalue weighted by Gasteiger charge is 2.24. The van der Waals surface area contributed by atoms with Crippen LogP contribution in [0.2, 0.25) is 0 Å². The summed E-state index contributed by atoms with van der Waals surface area (Å²) in [5, 5.41) is 11.9. The van der Waals surface area contributed by atoms with Crippen molar-refractivity contribution in [3.8, 4) is 5.95 Å². The molecule has 0 bridgehead atoms. The number of H-pyrrole nitrogens is 2. The van der Waals surface area contributed by atoms with Crippen molar-refractivity contribution in [2.75, 3.05) is 5.32 Å². The molecule has 1 aromatic carbocycles. The van der Waals surface area contributed by atoms with Crippen LogP contribution in [0.5, 0.6) is 0 Å². The largest absolute Gasteiger partial charge is 0.358 e. The molecule has 1 amide bonds. The lowest BCUT2D eigenvalue weighted by Gasteiger charge is -2.08. The summed E-state index contributed by atoms with van der Waals surface area (Å²) in [6, 6.07) is 8.86. The lowest BCUT2D eigenvalue weighted by Crippen LogP contribution is -2.25. The van der Waals surface area contributed by atoms with Crippen molar-refractivity contribution in [2.24, 2.45) is 7.05 Å². The molecular formula is C21H18N8O3. The molecule has 0 radical (unpaired) electrons. The molecule has 4 heterocycles. The zero-order valence-corrected chi connectivity index (χ0v) is 17.4. The van der Waals surface area contributed by atoms with Crippen molar-refractivity contribution in [1.29, 1.82) is 0 Å². The Morgan fingerprint density at radius 1 is 1.09 bits per heavy atom. The Morgan fingerprint density at radius 3 is 2.69 bits per heavy atom. The monoisotopic (exact) mass is 430 g/mol. The van der Waals surface area contributed by atoms with E-state index in [2.05, 4.69) is 30.5 Å². The standard InChI is InChI=1S/C21H18N8O3/c1-10-8-15(29(27-10)21-25-18-13(19(31)26-21)9-22-28(18)3)24-20(32)17(30)16-11(2)23-14-7-5-4-6-12(14)16/h4-9,23H,1-3H3,(H,24,32)(H,25,26,31). The van der Waals surface area contributed by atoms with E-state index in [9.17, 15) is 14.4 Å². The number of Topliss-reactive ketones (excluding diaryl/α,β-unsaturated/α-hetero) is 1. The molecule has 0 saturated carbocycles. The summed E-state index contributed by atoms with van der Waals surface area (Å²) in [5.74, 6) is -1.23. The molecule has 0 saturated heterocycles. The van der Waals surface area contributed by atoms with Crippen LogP contribution in [0, 0.1) is 13.8 Å². The summed E-state index contributed by atoms with van der Waals surface area (Å²) in [6.07, 6.45) is 1.42. The number of aromatic nitrogens is 7. The first kappa shape index (κ1) is 19.4. The van der Waals surface area contributed by atoms with Gasteiger partial charge in [0.15, 0.2) is 5.65 Å². The number of aryl methyl sites for hydroxylation is 3. The fraction of sp³-hybridized carbons (Fsp3) is 0.143. The maximum atomic E-state index is 13.0. The summed E-state index contributed by atoms with van der Waals surface area (Å²) in [5.41, 5.74) is 2.21. The molecule has 0 aliphatic rings. The van der Waals surface area contributed by atoms with Gasteiger partial charge in [-0.25, -0.2) is 0 Å². The van der Waals surface area contributed by atoms with Crippen LogP contribution in [0.3, 0.4) is 0 Å². The minimum absolute atomic E-state index is 0.0882. The molecule has 0 fully saturated rings. The van der Waals surface area contributed by atoms with Gasteiger partial charge >= 0.3 is 0 Å². The number of aromatic amines is 2. The fourth-order valence-corrected chi connectivity index (χ4v) is 3.73. The van der Waals surface area contributed by atoms with Crippen LogP contribution in [0.1, 0.15) is 21.7 Å². The number of carbonyl (C=O) groups excluding carboxylic acids is 2. The number of nitrogens with one attached hydrogen (secondary N) is 3. The highest BCUT2D eigenvalue weighted by Crippen LogP contribution is 2.23. The summed E-state index contributed by atoms with van der Waals surface area (Å²) >= 11 is 0. The van der Waals surface area contributed by atoms with Crippen molar-refractivity contribution in [2.45, 2.75) is 13.8 Å². The van der Waals surface area contributed by atoms with Gasteiger partial charge in [-0.3, -0.25) is 24.0 Å². The van der Waals surface area contributed by atoms with E-state index < -0.39 is 17.2 Å². The van der Waals surface area contributed by atoms with E-state index in [0.717, 1.165) is 5.52 Å². The van der Waals surface area contributed by atoms with Crippen LogP contribution >= 0.6 is 0 Å². The second-order valence-corrected chi connectivity index (χ2v) is 7.43. The Hall–Kier alpha value is -4.54. The topological polar surface area (TPSA) is 143 Å². The first-order chi connectivity index (χ1) is 15.3. The lowest BCUT2D eigenvalue weighted by atomic mass is 10.1. The maximum Gasteiger partial charge on any atom is 0.298 e. The minimum Gasteiger partial charge on any atom is -0.358 e. The summed E-state index contributed by atoms with van der Waals surface area (Å²) in [4.78, 5) is 48.4. The first-order valence-electron chi connectivity index (χ1n) is 9.75. The first-order valence-corrected chi connectivity index (χ1v) is 9.75. The predicted octanol–water partition coefficient (Wildman–Crippen LogP) is 1.76. The van der Waals surface area contributed by atoms with Gasteiger partial charge in [0, 0.05) is 29.7 Å². The molecule has 5 rings (SSSR count). The number of hydrogen-bond acceptors (Lipinski definition) is 6. The number of ketones is 1. The second kappa shape index (κ2) is 7.01. The number of benzene rings is 1. The quantitative estimate of drug-likeness (QED) is 0.293. The molecular weight excluding hydrogens is 412 g/mol. The average Bonchev–Trinajstić information content (AvgIpc) is 3.42. The second-order valence-electron chi connectivity index (χ2n) is 7.43.